The van der Waals surface area contributed by atoms with Gasteiger partial charge < -0.3 is 11.5 Å². The fourth-order valence-electron chi connectivity index (χ4n) is 1.84. The van der Waals surface area contributed by atoms with Crippen molar-refractivity contribution in [1.82, 2.24) is 9.38 Å². The van der Waals surface area contributed by atoms with E-state index in [2.05, 4.69) is 15.2 Å². The maximum Gasteiger partial charge on any atom is 0.211 e. The highest BCUT2D eigenvalue weighted by molar-refractivity contribution is 7.17. The predicted octanol–water partition coefficient (Wildman–Crippen LogP) is 2.04. The van der Waals surface area contributed by atoms with Crippen molar-refractivity contribution in [3.63, 3.8) is 0 Å². The SMILES string of the molecule is Cc1cn2c(/C=N/N=C(N)N)c(-c3cccs3)nc2s1. The van der Waals surface area contributed by atoms with E-state index in [1.54, 1.807) is 28.9 Å². The van der Waals surface area contributed by atoms with E-state index in [1.165, 1.54) is 4.88 Å². The first-order chi connectivity index (χ1) is 9.65. The summed E-state index contributed by atoms with van der Waals surface area (Å²) in [5.74, 6) is -0.0684. The molecule has 0 fully saturated rings. The Kier molecular flexibility index (Phi) is 3.25. The number of guanidine groups is 1. The first-order valence-electron chi connectivity index (χ1n) is 5.79. The third-order valence-corrected chi connectivity index (χ3v) is 4.36. The number of aromatic nitrogens is 2. The van der Waals surface area contributed by atoms with E-state index < -0.39 is 0 Å². The van der Waals surface area contributed by atoms with Crippen molar-refractivity contribution in [3.05, 3.63) is 34.3 Å². The van der Waals surface area contributed by atoms with Gasteiger partial charge in [0.15, 0.2) is 4.96 Å². The molecule has 3 heterocycles. The molecule has 0 aliphatic carbocycles. The topological polar surface area (TPSA) is 94.1 Å². The molecule has 0 unspecified atom stereocenters. The lowest BCUT2D eigenvalue weighted by atomic mass is 10.3. The standard InChI is InChI=1S/C12H12N6S2/c1-7-6-18-8(5-15-17-11(13)14)10(16-12(18)20-7)9-3-2-4-19-9/h2-6H,1H3,(H4,13,14,17)/b15-5+. The number of nitrogens with two attached hydrogens (primary N) is 2. The Morgan fingerprint density at radius 3 is 3.00 bits per heavy atom. The Hall–Kier alpha value is -2.19. The van der Waals surface area contributed by atoms with Crippen LogP contribution in [0, 0.1) is 6.92 Å². The normalized spacial score (nSPS) is 11.4. The summed E-state index contributed by atoms with van der Waals surface area (Å²) < 4.78 is 2.00. The lowest BCUT2D eigenvalue weighted by Gasteiger charge is -1.95. The minimum atomic E-state index is -0.0684. The second kappa shape index (κ2) is 5.06. The van der Waals surface area contributed by atoms with E-state index in [1.807, 2.05) is 35.0 Å². The summed E-state index contributed by atoms with van der Waals surface area (Å²) in [5.41, 5.74) is 12.3. The molecule has 3 rings (SSSR count). The summed E-state index contributed by atoms with van der Waals surface area (Å²) >= 11 is 3.27. The van der Waals surface area contributed by atoms with Gasteiger partial charge in [0.05, 0.1) is 16.8 Å². The molecule has 0 spiro atoms. The summed E-state index contributed by atoms with van der Waals surface area (Å²) in [5, 5.41) is 9.57. The molecule has 0 bridgehead atoms. The van der Waals surface area contributed by atoms with Crippen LogP contribution in [0.5, 0.6) is 0 Å². The fourth-order valence-corrected chi connectivity index (χ4v) is 3.40. The maximum absolute atomic E-state index is 5.28. The molecule has 0 saturated carbocycles. The zero-order valence-corrected chi connectivity index (χ0v) is 12.3. The summed E-state index contributed by atoms with van der Waals surface area (Å²) in [6, 6.07) is 4.03. The number of hydrogen-bond acceptors (Lipinski definition) is 5. The van der Waals surface area contributed by atoms with Gasteiger partial charge in [0.25, 0.3) is 0 Å². The molecule has 0 amide bonds. The van der Waals surface area contributed by atoms with Crippen molar-refractivity contribution >= 4 is 39.8 Å². The van der Waals surface area contributed by atoms with Crippen LogP contribution in [0.15, 0.2) is 33.9 Å². The molecular weight excluding hydrogens is 292 g/mol. The first kappa shape index (κ1) is 12.8. The van der Waals surface area contributed by atoms with Crippen molar-refractivity contribution in [3.8, 4) is 10.6 Å². The fraction of sp³-hybridized carbons (Fsp3) is 0.0833. The van der Waals surface area contributed by atoms with Gasteiger partial charge in [-0.25, -0.2) is 4.98 Å². The van der Waals surface area contributed by atoms with Crippen LogP contribution in [-0.4, -0.2) is 21.6 Å². The largest absolute Gasteiger partial charge is 0.369 e. The van der Waals surface area contributed by atoms with E-state index in [-0.39, 0.29) is 5.96 Å². The van der Waals surface area contributed by atoms with Crippen molar-refractivity contribution in [1.29, 1.82) is 0 Å². The van der Waals surface area contributed by atoms with Gasteiger partial charge in [-0.15, -0.1) is 27.8 Å². The van der Waals surface area contributed by atoms with E-state index in [9.17, 15) is 0 Å². The highest BCUT2D eigenvalue weighted by atomic mass is 32.1. The highest BCUT2D eigenvalue weighted by Crippen LogP contribution is 2.30. The van der Waals surface area contributed by atoms with E-state index in [4.69, 9.17) is 11.5 Å². The van der Waals surface area contributed by atoms with Crippen LogP contribution in [0.2, 0.25) is 0 Å². The monoisotopic (exact) mass is 304 g/mol. The van der Waals surface area contributed by atoms with Crippen molar-refractivity contribution in [2.24, 2.45) is 21.7 Å². The Bertz CT molecular complexity index is 789. The average Bonchev–Trinajstić information content (AvgIpc) is 3.05. The minimum Gasteiger partial charge on any atom is -0.369 e. The Morgan fingerprint density at radius 2 is 2.30 bits per heavy atom. The second-order valence-electron chi connectivity index (χ2n) is 4.09. The number of rotatable bonds is 3. The van der Waals surface area contributed by atoms with Crippen molar-refractivity contribution in [2.45, 2.75) is 6.92 Å². The minimum absolute atomic E-state index is 0.0684. The van der Waals surface area contributed by atoms with Crippen molar-refractivity contribution in [2.75, 3.05) is 0 Å². The van der Waals surface area contributed by atoms with Gasteiger partial charge in [0.1, 0.15) is 5.69 Å². The van der Waals surface area contributed by atoms with Crippen LogP contribution in [0.3, 0.4) is 0 Å². The van der Waals surface area contributed by atoms with Crippen LogP contribution in [0.25, 0.3) is 15.5 Å². The van der Waals surface area contributed by atoms with Crippen molar-refractivity contribution < 1.29 is 0 Å². The molecule has 0 aliphatic rings. The molecule has 0 radical (unpaired) electrons. The van der Waals surface area contributed by atoms with Gasteiger partial charge in [0.2, 0.25) is 5.96 Å². The van der Waals surface area contributed by atoms with E-state index >= 15 is 0 Å². The quantitative estimate of drug-likeness (QED) is 0.440. The van der Waals surface area contributed by atoms with Gasteiger partial charge in [-0.2, -0.15) is 5.10 Å². The van der Waals surface area contributed by atoms with Crippen LogP contribution < -0.4 is 11.5 Å². The summed E-state index contributed by atoms with van der Waals surface area (Å²) in [4.78, 5) is 7.86. The molecule has 3 aromatic heterocycles. The highest BCUT2D eigenvalue weighted by Gasteiger charge is 2.15. The molecule has 0 atom stereocenters. The first-order valence-corrected chi connectivity index (χ1v) is 7.49. The predicted molar refractivity (Wildman–Crippen MR) is 84.5 cm³/mol. The molecule has 20 heavy (non-hydrogen) atoms. The Labute approximate surface area is 123 Å². The number of thiazole rings is 1. The summed E-state index contributed by atoms with van der Waals surface area (Å²) in [7, 11) is 0. The number of hydrogen-bond donors (Lipinski definition) is 2. The van der Waals surface area contributed by atoms with Gasteiger partial charge in [-0.05, 0) is 18.4 Å². The third-order valence-electron chi connectivity index (χ3n) is 2.59. The Morgan fingerprint density at radius 1 is 1.45 bits per heavy atom. The number of aryl methyl sites for hydroxylation is 1. The average molecular weight is 304 g/mol. The van der Waals surface area contributed by atoms with E-state index in [0.717, 1.165) is 21.2 Å². The van der Waals surface area contributed by atoms with Crippen LogP contribution in [0.4, 0.5) is 0 Å². The molecular formula is C12H12N6S2. The molecule has 0 saturated heterocycles. The molecule has 6 nitrogen and oxygen atoms in total. The second-order valence-corrected chi connectivity index (χ2v) is 6.25. The molecule has 4 N–H and O–H groups in total. The van der Waals surface area contributed by atoms with Gasteiger partial charge >= 0.3 is 0 Å². The van der Waals surface area contributed by atoms with Crippen LogP contribution in [0.1, 0.15) is 10.6 Å². The van der Waals surface area contributed by atoms with Crippen LogP contribution >= 0.6 is 22.7 Å². The lowest BCUT2D eigenvalue weighted by molar-refractivity contribution is 1.17. The van der Waals surface area contributed by atoms with Gasteiger partial charge in [-0.1, -0.05) is 6.07 Å². The molecule has 102 valence electrons. The number of thiophene rings is 1. The Balaban J connectivity index is 2.17. The smallest absolute Gasteiger partial charge is 0.211 e. The molecule has 3 aromatic rings. The maximum atomic E-state index is 5.28. The number of fused-ring (bicyclic) bond motifs is 1. The summed E-state index contributed by atoms with van der Waals surface area (Å²) in [6.07, 6.45) is 3.65. The summed E-state index contributed by atoms with van der Waals surface area (Å²) in [6.45, 7) is 2.04. The molecule has 0 aliphatic heterocycles. The lowest BCUT2D eigenvalue weighted by Crippen LogP contribution is -2.21. The number of nitrogens with zero attached hydrogens (tertiary/aromatic N) is 4. The van der Waals surface area contributed by atoms with Crippen LogP contribution in [-0.2, 0) is 0 Å². The third kappa shape index (κ3) is 2.30. The molecule has 0 aromatic carbocycles. The molecule has 8 heteroatoms. The van der Waals surface area contributed by atoms with E-state index in [0.29, 0.717) is 0 Å². The van der Waals surface area contributed by atoms with Gasteiger partial charge in [0, 0.05) is 11.1 Å². The zero-order valence-electron chi connectivity index (χ0n) is 10.6. The number of imidazole rings is 1. The zero-order chi connectivity index (χ0) is 14.1. The van der Waals surface area contributed by atoms with Gasteiger partial charge in [-0.3, -0.25) is 4.40 Å².